The minimum atomic E-state index is -3.52. The zero-order valence-corrected chi connectivity index (χ0v) is 13.4. The van der Waals surface area contributed by atoms with Gasteiger partial charge >= 0.3 is 0 Å². The van der Waals surface area contributed by atoms with Crippen LogP contribution in [-0.4, -0.2) is 21.0 Å². The van der Waals surface area contributed by atoms with Crippen LogP contribution in [0.4, 0.5) is 0 Å². The Morgan fingerprint density at radius 3 is 1.68 bits per heavy atom. The van der Waals surface area contributed by atoms with E-state index in [-0.39, 0.29) is 12.6 Å². The van der Waals surface area contributed by atoms with Gasteiger partial charge in [-0.25, -0.2) is 13.1 Å². The topological polar surface area (TPSA) is 72.2 Å². The van der Waals surface area contributed by atoms with Crippen molar-refractivity contribution < 1.29 is 8.42 Å². The van der Waals surface area contributed by atoms with Crippen LogP contribution in [0.25, 0.3) is 0 Å². The molecule has 0 aliphatic heterocycles. The van der Waals surface area contributed by atoms with Crippen molar-refractivity contribution in [1.29, 1.82) is 0 Å². The summed E-state index contributed by atoms with van der Waals surface area (Å²) in [5.74, 6) is 0. The number of nitrogens with two attached hydrogens (primary N) is 1. The summed E-state index contributed by atoms with van der Waals surface area (Å²) < 4.78 is 27.6. The van der Waals surface area contributed by atoms with E-state index in [2.05, 4.69) is 4.72 Å². The SMILES string of the molecule is Cc1c(C)c(C)c(S(=O)(=O)N[C@H](C)CN)c(C)c1C. The number of hydrogen-bond acceptors (Lipinski definition) is 3. The Balaban J connectivity index is 3.52. The summed E-state index contributed by atoms with van der Waals surface area (Å²) in [6.07, 6.45) is 0. The molecule has 5 heteroatoms. The molecule has 0 radical (unpaired) electrons. The third-order valence-electron chi connectivity index (χ3n) is 3.91. The second kappa shape index (κ2) is 5.61. The van der Waals surface area contributed by atoms with Crippen LogP contribution >= 0.6 is 0 Å². The molecule has 0 spiro atoms. The average Bonchev–Trinajstić information content (AvgIpc) is 2.33. The zero-order valence-electron chi connectivity index (χ0n) is 12.6. The summed E-state index contributed by atoms with van der Waals surface area (Å²) in [7, 11) is -3.52. The van der Waals surface area contributed by atoms with Crippen LogP contribution in [0.1, 0.15) is 34.7 Å². The van der Waals surface area contributed by atoms with Crippen molar-refractivity contribution in [2.75, 3.05) is 6.54 Å². The molecule has 0 fully saturated rings. The Bertz CT molecular complexity index is 563. The molecule has 0 aromatic heterocycles. The minimum absolute atomic E-state index is 0.272. The first-order chi connectivity index (χ1) is 8.63. The summed E-state index contributed by atoms with van der Waals surface area (Å²) in [6, 6.07) is -0.272. The summed E-state index contributed by atoms with van der Waals surface area (Å²) in [4.78, 5) is 0.397. The summed E-state index contributed by atoms with van der Waals surface area (Å²) in [5.41, 5.74) is 10.3. The second-order valence-corrected chi connectivity index (χ2v) is 6.86. The first-order valence-corrected chi connectivity index (χ1v) is 7.91. The van der Waals surface area contributed by atoms with Gasteiger partial charge in [0.1, 0.15) is 0 Å². The summed E-state index contributed by atoms with van der Waals surface area (Å²) in [5, 5.41) is 0. The molecule has 4 nitrogen and oxygen atoms in total. The molecule has 0 bridgehead atoms. The molecule has 0 aliphatic rings. The Kier molecular flexibility index (Phi) is 4.76. The van der Waals surface area contributed by atoms with Crippen LogP contribution in [0.15, 0.2) is 4.90 Å². The highest BCUT2D eigenvalue weighted by Crippen LogP contribution is 2.29. The van der Waals surface area contributed by atoms with Crippen LogP contribution in [0, 0.1) is 34.6 Å². The Morgan fingerprint density at radius 1 is 0.947 bits per heavy atom. The molecule has 0 saturated heterocycles. The van der Waals surface area contributed by atoms with Crippen LogP contribution in [-0.2, 0) is 10.0 Å². The van der Waals surface area contributed by atoms with Gasteiger partial charge in [0, 0.05) is 12.6 Å². The number of hydrogen-bond donors (Lipinski definition) is 2. The molecule has 0 aliphatic carbocycles. The van der Waals surface area contributed by atoms with Crippen LogP contribution in [0.5, 0.6) is 0 Å². The summed E-state index contributed by atoms with van der Waals surface area (Å²) >= 11 is 0. The molecular formula is C14H24N2O2S. The predicted molar refractivity (Wildman–Crippen MR) is 79.0 cm³/mol. The molecule has 19 heavy (non-hydrogen) atoms. The van der Waals surface area contributed by atoms with Crippen molar-refractivity contribution in [2.24, 2.45) is 5.73 Å². The van der Waals surface area contributed by atoms with Gasteiger partial charge in [-0.1, -0.05) is 0 Å². The fourth-order valence-electron chi connectivity index (χ4n) is 2.24. The fraction of sp³-hybridized carbons (Fsp3) is 0.571. The molecular weight excluding hydrogens is 260 g/mol. The lowest BCUT2D eigenvalue weighted by molar-refractivity contribution is 0.561. The van der Waals surface area contributed by atoms with E-state index in [9.17, 15) is 8.42 Å². The molecule has 0 unspecified atom stereocenters. The van der Waals surface area contributed by atoms with Gasteiger partial charge in [-0.15, -0.1) is 0 Å². The third-order valence-corrected chi connectivity index (χ3v) is 5.77. The maximum atomic E-state index is 12.5. The van der Waals surface area contributed by atoms with Crippen molar-refractivity contribution in [1.82, 2.24) is 4.72 Å². The van der Waals surface area contributed by atoms with E-state index >= 15 is 0 Å². The van der Waals surface area contributed by atoms with Crippen molar-refractivity contribution in [2.45, 2.75) is 52.5 Å². The van der Waals surface area contributed by atoms with Gasteiger partial charge in [0.2, 0.25) is 10.0 Å². The number of benzene rings is 1. The average molecular weight is 284 g/mol. The van der Waals surface area contributed by atoms with E-state index in [0.29, 0.717) is 4.90 Å². The number of sulfonamides is 1. The van der Waals surface area contributed by atoms with Gasteiger partial charge < -0.3 is 5.73 Å². The maximum absolute atomic E-state index is 12.5. The lowest BCUT2D eigenvalue weighted by atomic mass is 9.95. The van der Waals surface area contributed by atoms with E-state index in [1.54, 1.807) is 6.92 Å². The smallest absolute Gasteiger partial charge is 0.241 e. The highest BCUT2D eigenvalue weighted by molar-refractivity contribution is 7.89. The van der Waals surface area contributed by atoms with Gasteiger partial charge in [-0.3, -0.25) is 0 Å². The van der Waals surface area contributed by atoms with Gasteiger partial charge in [-0.2, -0.15) is 0 Å². The first kappa shape index (κ1) is 16.1. The van der Waals surface area contributed by atoms with Gasteiger partial charge in [-0.05, 0) is 69.4 Å². The molecule has 108 valence electrons. The Labute approximate surface area is 116 Å². The number of nitrogens with one attached hydrogen (secondary N) is 1. The third kappa shape index (κ3) is 2.99. The quantitative estimate of drug-likeness (QED) is 0.886. The first-order valence-electron chi connectivity index (χ1n) is 6.42. The lowest BCUT2D eigenvalue weighted by Gasteiger charge is -2.20. The van der Waals surface area contributed by atoms with E-state index < -0.39 is 10.0 Å². The molecule has 0 saturated carbocycles. The van der Waals surface area contributed by atoms with Crippen molar-refractivity contribution >= 4 is 10.0 Å². The monoisotopic (exact) mass is 284 g/mol. The van der Waals surface area contributed by atoms with Gasteiger partial charge in [0.15, 0.2) is 0 Å². The molecule has 1 rings (SSSR count). The van der Waals surface area contributed by atoms with E-state index in [4.69, 9.17) is 5.73 Å². The lowest BCUT2D eigenvalue weighted by Crippen LogP contribution is -2.38. The van der Waals surface area contributed by atoms with Crippen molar-refractivity contribution in [3.05, 3.63) is 27.8 Å². The maximum Gasteiger partial charge on any atom is 0.241 e. The van der Waals surface area contributed by atoms with Crippen molar-refractivity contribution in [3.8, 4) is 0 Å². The van der Waals surface area contributed by atoms with Gasteiger partial charge in [0.05, 0.1) is 4.90 Å². The fourth-order valence-corrected chi connectivity index (χ4v) is 4.10. The van der Waals surface area contributed by atoms with Crippen LogP contribution < -0.4 is 10.5 Å². The van der Waals surface area contributed by atoms with Gasteiger partial charge in [0.25, 0.3) is 0 Å². The minimum Gasteiger partial charge on any atom is -0.329 e. The zero-order chi connectivity index (χ0) is 15.0. The second-order valence-electron chi connectivity index (χ2n) is 5.21. The van der Waals surface area contributed by atoms with Crippen LogP contribution in [0.2, 0.25) is 0 Å². The molecule has 1 atom stereocenters. The van der Waals surface area contributed by atoms with E-state index in [1.807, 2.05) is 34.6 Å². The molecule has 0 heterocycles. The molecule has 1 aromatic carbocycles. The van der Waals surface area contributed by atoms with E-state index in [0.717, 1.165) is 27.8 Å². The number of rotatable bonds is 4. The largest absolute Gasteiger partial charge is 0.329 e. The molecule has 1 aromatic rings. The standard InChI is InChI=1S/C14H24N2O2S/c1-8(7-15)16-19(17,18)14-12(5)10(3)9(2)11(4)13(14)6/h8,16H,7,15H2,1-6H3/t8-/m1/s1. The molecule has 3 N–H and O–H groups in total. The Hall–Kier alpha value is -0.910. The van der Waals surface area contributed by atoms with E-state index in [1.165, 1.54) is 0 Å². The molecule has 0 amide bonds. The Morgan fingerprint density at radius 2 is 1.32 bits per heavy atom. The highest BCUT2D eigenvalue weighted by atomic mass is 32.2. The predicted octanol–water partition coefficient (Wildman–Crippen LogP) is 1.85. The normalized spacial score (nSPS) is 13.6. The van der Waals surface area contributed by atoms with Crippen molar-refractivity contribution in [3.63, 3.8) is 0 Å². The van der Waals surface area contributed by atoms with Crippen LogP contribution in [0.3, 0.4) is 0 Å². The summed E-state index contributed by atoms with van der Waals surface area (Å²) in [6.45, 7) is 11.7. The highest BCUT2D eigenvalue weighted by Gasteiger charge is 2.24.